The van der Waals surface area contributed by atoms with Crippen LogP contribution in [-0.4, -0.2) is 17.1 Å². The first-order valence-electron chi connectivity index (χ1n) is 6.77. The van der Waals surface area contributed by atoms with E-state index in [4.69, 9.17) is 23.8 Å². The summed E-state index contributed by atoms with van der Waals surface area (Å²) in [5, 5.41) is 4.20. The van der Waals surface area contributed by atoms with Crippen LogP contribution in [0.4, 0.5) is 0 Å². The quantitative estimate of drug-likeness (QED) is 0.581. The molecule has 4 nitrogen and oxygen atoms in total. The summed E-state index contributed by atoms with van der Waals surface area (Å²) in [6.45, 7) is 0. The number of thiocarbonyl (C=S) groups is 1. The molecule has 0 aliphatic heterocycles. The molecule has 20 heavy (non-hydrogen) atoms. The Hall–Kier alpha value is -1.33. The molecular weight excluding hydrogens is 294 g/mol. The summed E-state index contributed by atoms with van der Waals surface area (Å²) in [7, 11) is 0. The lowest BCUT2D eigenvalue weighted by molar-refractivity contribution is 0.0943. The highest BCUT2D eigenvalue weighted by Gasteiger charge is 2.14. The van der Waals surface area contributed by atoms with Crippen molar-refractivity contribution in [2.45, 2.75) is 38.1 Å². The monoisotopic (exact) mass is 311 g/mol. The van der Waals surface area contributed by atoms with Gasteiger partial charge in [-0.2, -0.15) is 0 Å². The molecule has 1 amide bonds. The zero-order chi connectivity index (χ0) is 14.4. The van der Waals surface area contributed by atoms with Gasteiger partial charge in [-0.05, 0) is 43.3 Å². The molecule has 1 aromatic rings. The topological polar surface area (TPSA) is 53.2 Å². The second-order valence-corrected chi connectivity index (χ2v) is 5.74. The number of hydrazine groups is 1. The van der Waals surface area contributed by atoms with Gasteiger partial charge < -0.3 is 5.32 Å². The van der Waals surface area contributed by atoms with E-state index in [0.29, 0.717) is 21.7 Å². The average molecular weight is 312 g/mol. The van der Waals surface area contributed by atoms with Crippen molar-refractivity contribution in [2.24, 2.45) is 0 Å². The van der Waals surface area contributed by atoms with E-state index in [1.54, 1.807) is 24.3 Å². The van der Waals surface area contributed by atoms with Gasteiger partial charge in [-0.3, -0.25) is 15.6 Å². The molecule has 108 valence electrons. The van der Waals surface area contributed by atoms with Crippen molar-refractivity contribution >= 4 is 34.8 Å². The van der Waals surface area contributed by atoms with E-state index < -0.39 is 0 Å². The van der Waals surface area contributed by atoms with Gasteiger partial charge >= 0.3 is 0 Å². The number of carbonyl (C=O) groups excluding carboxylic acids is 1. The van der Waals surface area contributed by atoms with Crippen molar-refractivity contribution in [1.29, 1.82) is 0 Å². The van der Waals surface area contributed by atoms with Gasteiger partial charge in [0.25, 0.3) is 5.91 Å². The minimum Gasteiger partial charge on any atom is -0.359 e. The van der Waals surface area contributed by atoms with Crippen LogP contribution in [0, 0.1) is 0 Å². The van der Waals surface area contributed by atoms with Gasteiger partial charge in [0.05, 0.1) is 0 Å². The summed E-state index contributed by atoms with van der Waals surface area (Å²) in [4.78, 5) is 11.9. The van der Waals surface area contributed by atoms with Gasteiger partial charge in [0.1, 0.15) is 0 Å². The van der Waals surface area contributed by atoms with E-state index in [2.05, 4.69) is 16.2 Å². The Labute approximate surface area is 129 Å². The van der Waals surface area contributed by atoms with Crippen LogP contribution in [0.15, 0.2) is 24.3 Å². The number of carbonyl (C=O) groups is 1. The molecule has 0 heterocycles. The van der Waals surface area contributed by atoms with Crippen LogP contribution in [0.25, 0.3) is 0 Å². The summed E-state index contributed by atoms with van der Waals surface area (Å²) >= 11 is 11.0. The Kier molecular flexibility index (Phi) is 5.61. The molecule has 1 fully saturated rings. The van der Waals surface area contributed by atoms with Crippen LogP contribution < -0.4 is 16.2 Å². The first-order chi connectivity index (χ1) is 9.65. The minimum atomic E-state index is -0.264. The molecule has 1 saturated carbocycles. The highest BCUT2D eigenvalue weighted by molar-refractivity contribution is 7.80. The molecule has 0 aromatic heterocycles. The standard InChI is InChI=1S/C14H18ClN3OS/c15-11-6-4-5-10(9-11)13(19)17-18-14(20)16-12-7-2-1-3-8-12/h4-6,9,12H,1-3,7-8H2,(H,17,19)(H2,16,18,20). The summed E-state index contributed by atoms with van der Waals surface area (Å²) in [5.74, 6) is -0.264. The fourth-order valence-electron chi connectivity index (χ4n) is 2.28. The van der Waals surface area contributed by atoms with E-state index in [1.165, 1.54) is 19.3 Å². The molecule has 1 aliphatic rings. The second kappa shape index (κ2) is 7.45. The molecule has 0 bridgehead atoms. The predicted molar refractivity (Wildman–Crippen MR) is 84.7 cm³/mol. The lowest BCUT2D eigenvalue weighted by atomic mass is 9.96. The second-order valence-electron chi connectivity index (χ2n) is 4.90. The van der Waals surface area contributed by atoms with E-state index in [0.717, 1.165) is 12.8 Å². The van der Waals surface area contributed by atoms with Crippen LogP contribution in [0.3, 0.4) is 0 Å². The van der Waals surface area contributed by atoms with Crippen molar-refractivity contribution in [1.82, 2.24) is 16.2 Å². The van der Waals surface area contributed by atoms with Crippen molar-refractivity contribution in [3.8, 4) is 0 Å². The predicted octanol–water partition coefficient (Wildman–Crippen LogP) is 2.78. The number of hydrogen-bond donors (Lipinski definition) is 3. The van der Waals surface area contributed by atoms with Crippen LogP contribution in [0.2, 0.25) is 5.02 Å². The van der Waals surface area contributed by atoms with Crippen LogP contribution in [0.5, 0.6) is 0 Å². The Morgan fingerprint density at radius 2 is 1.95 bits per heavy atom. The molecule has 6 heteroatoms. The zero-order valence-corrected chi connectivity index (χ0v) is 12.7. The fourth-order valence-corrected chi connectivity index (χ4v) is 2.69. The van der Waals surface area contributed by atoms with E-state index in [1.807, 2.05) is 0 Å². The van der Waals surface area contributed by atoms with Gasteiger partial charge in [-0.25, -0.2) is 0 Å². The van der Waals surface area contributed by atoms with Gasteiger partial charge in [0.15, 0.2) is 5.11 Å². The minimum absolute atomic E-state index is 0.264. The van der Waals surface area contributed by atoms with E-state index in [-0.39, 0.29) is 5.91 Å². The number of benzene rings is 1. The summed E-state index contributed by atoms with van der Waals surface area (Å²) in [6, 6.07) is 7.17. The molecule has 1 aromatic carbocycles. The number of rotatable bonds is 2. The van der Waals surface area contributed by atoms with E-state index in [9.17, 15) is 4.79 Å². The molecule has 0 saturated heterocycles. The van der Waals surface area contributed by atoms with Gasteiger partial charge in [-0.15, -0.1) is 0 Å². The molecule has 0 unspecified atom stereocenters. The molecule has 0 radical (unpaired) electrons. The number of nitrogens with one attached hydrogen (secondary N) is 3. The van der Waals surface area contributed by atoms with Gasteiger partial charge in [-0.1, -0.05) is 36.9 Å². The summed E-state index contributed by atoms with van der Waals surface area (Å²) < 4.78 is 0. The van der Waals surface area contributed by atoms with Crippen molar-refractivity contribution in [2.75, 3.05) is 0 Å². The summed E-state index contributed by atoms with van der Waals surface area (Å²) in [6.07, 6.45) is 6.02. The van der Waals surface area contributed by atoms with Crippen molar-refractivity contribution in [3.05, 3.63) is 34.9 Å². The largest absolute Gasteiger partial charge is 0.359 e. The maximum atomic E-state index is 11.9. The number of hydrogen-bond acceptors (Lipinski definition) is 2. The van der Waals surface area contributed by atoms with Crippen LogP contribution in [0.1, 0.15) is 42.5 Å². The smallest absolute Gasteiger partial charge is 0.269 e. The van der Waals surface area contributed by atoms with Gasteiger partial charge in [0, 0.05) is 16.6 Å². The number of amides is 1. The third-order valence-corrected chi connectivity index (χ3v) is 3.77. The average Bonchev–Trinajstić information content (AvgIpc) is 2.46. The fraction of sp³-hybridized carbons (Fsp3) is 0.429. The Balaban J connectivity index is 1.76. The molecular formula is C14H18ClN3OS. The Morgan fingerprint density at radius 3 is 2.65 bits per heavy atom. The van der Waals surface area contributed by atoms with Gasteiger partial charge in [0.2, 0.25) is 0 Å². The normalized spacial score (nSPS) is 15.4. The van der Waals surface area contributed by atoms with Crippen molar-refractivity contribution in [3.63, 3.8) is 0 Å². The first-order valence-corrected chi connectivity index (χ1v) is 7.56. The third-order valence-electron chi connectivity index (χ3n) is 3.32. The third kappa shape index (κ3) is 4.65. The molecule has 2 rings (SSSR count). The highest BCUT2D eigenvalue weighted by Crippen LogP contribution is 2.17. The SMILES string of the molecule is O=C(NNC(=S)NC1CCCCC1)c1cccc(Cl)c1. The van der Waals surface area contributed by atoms with Crippen molar-refractivity contribution < 1.29 is 4.79 Å². The molecule has 0 atom stereocenters. The first kappa shape index (κ1) is 15.1. The lowest BCUT2D eigenvalue weighted by Gasteiger charge is -2.24. The summed E-state index contributed by atoms with van der Waals surface area (Å²) in [5.41, 5.74) is 5.78. The Bertz CT molecular complexity index is 489. The molecule has 1 aliphatic carbocycles. The van der Waals surface area contributed by atoms with Crippen LogP contribution in [-0.2, 0) is 0 Å². The molecule has 3 N–H and O–H groups in total. The lowest BCUT2D eigenvalue weighted by Crippen LogP contribution is -2.50. The Morgan fingerprint density at radius 1 is 1.20 bits per heavy atom. The maximum Gasteiger partial charge on any atom is 0.269 e. The maximum absolute atomic E-state index is 11.9. The van der Waals surface area contributed by atoms with Crippen LogP contribution >= 0.6 is 23.8 Å². The molecule has 0 spiro atoms. The highest BCUT2D eigenvalue weighted by atomic mass is 35.5. The number of halogens is 1. The van der Waals surface area contributed by atoms with E-state index >= 15 is 0 Å². The zero-order valence-electron chi connectivity index (χ0n) is 11.1.